The first-order chi connectivity index (χ1) is 13.5. The van der Waals surface area contributed by atoms with Crippen molar-refractivity contribution < 1.29 is 9.59 Å². The fourth-order valence-corrected chi connectivity index (χ4v) is 3.74. The van der Waals surface area contributed by atoms with Crippen LogP contribution >= 0.6 is 23.4 Å². The van der Waals surface area contributed by atoms with Crippen LogP contribution in [0.2, 0.25) is 5.02 Å². The van der Waals surface area contributed by atoms with Crippen LogP contribution in [0.15, 0.2) is 59.5 Å². The quantitative estimate of drug-likeness (QED) is 0.272. The van der Waals surface area contributed by atoms with Crippen LogP contribution in [-0.4, -0.2) is 33.8 Å². The second-order valence-electron chi connectivity index (χ2n) is 6.18. The zero-order valence-electron chi connectivity index (χ0n) is 15.6. The molecule has 0 fully saturated rings. The molecule has 0 atom stereocenters. The molecule has 0 aliphatic heterocycles. The molecule has 28 heavy (non-hydrogen) atoms. The third kappa shape index (κ3) is 4.64. The van der Waals surface area contributed by atoms with Gasteiger partial charge in [0.25, 0.3) is 11.7 Å². The Kier molecular flexibility index (Phi) is 6.54. The van der Waals surface area contributed by atoms with E-state index in [9.17, 15) is 9.59 Å². The van der Waals surface area contributed by atoms with E-state index in [-0.39, 0.29) is 0 Å². The van der Waals surface area contributed by atoms with Gasteiger partial charge in [0.05, 0.1) is 22.6 Å². The van der Waals surface area contributed by atoms with E-state index in [0.29, 0.717) is 34.3 Å². The third-order valence-corrected chi connectivity index (χ3v) is 5.46. The average Bonchev–Trinajstić information content (AvgIpc) is 3.00. The van der Waals surface area contributed by atoms with Gasteiger partial charge in [-0.1, -0.05) is 29.8 Å². The van der Waals surface area contributed by atoms with Crippen molar-refractivity contribution in [3.63, 3.8) is 0 Å². The molecule has 0 bridgehead atoms. The number of carbonyl (C=O) groups excluding carboxylic acids is 2. The van der Waals surface area contributed by atoms with Crippen molar-refractivity contribution in [1.82, 2.24) is 15.1 Å². The van der Waals surface area contributed by atoms with E-state index < -0.39 is 11.7 Å². The number of carbonyl (C=O) groups is 2. The van der Waals surface area contributed by atoms with Gasteiger partial charge in [-0.25, -0.2) is 4.68 Å². The number of hydrogen-bond donors (Lipinski definition) is 1. The van der Waals surface area contributed by atoms with Crippen LogP contribution in [0.1, 0.15) is 21.7 Å². The minimum Gasteiger partial charge on any atom is -0.348 e. The fraction of sp³-hybridized carbons (Fsp3) is 0.190. The summed E-state index contributed by atoms with van der Waals surface area (Å²) < 4.78 is 1.69. The fourth-order valence-electron chi connectivity index (χ4n) is 2.85. The Morgan fingerprint density at radius 2 is 1.75 bits per heavy atom. The summed E-state index contributed by atoms with van der Waals surface area (Å²) in [6, 6.07) is 17.0. The molecular weight excluding hydrogens is 394 g/mol. The normalized spacial score (nSPS) is 10.7. The first kappa shape index (κ1) is 20.2. The number of Topliss-reactive ketones (excluding diaryl/α,β-unsaturated/α-hetero) is 1. The molecule has 5 nitrogen and oxygen atoms in total. The van der Waals surface area contributed by atoms with Crippen molar-refractivity contribution in [2.75, 3.05) is 12.3 Å². The molecule has 7 heteroatoms. The molecule has 144 valence electrons. The molecule has 2 aromatic carbocycles. The summed E-state index contributed by atoms with van der Waals surface area (Å²) in [7, 11) is 0. The molecule has 3 aromatic rings. The monoisotopic (exact) mass is 413 g/mol. The van der Waals surface area contributed by atoms with E-state index in [2.05, 4.69) is 10.4 Å². The van der Waals surface area contributed by atoms with E-state index in [1.807, 2.05) is 54.6 Å². The van der Waals surface area contributed by atoms with Gasteiger partial charge in [0.2, 0.25) is 0 Å². The molecule has 1 aromatic heterocycles. The van der Waals surface area contributed by atoms with E-state index >= 15 is 0 Å². The number of para-hydroxylation sites is 1. The smallest absolute Gasteiger partial charge is 0.292 e. The summed E-state index contributed by atoms with van der Waals surface area (Å²) >= 11 is 7.45. The molecule has 0 aliphatic carbocycles. The number of nitrogens with one attached hydrogen (secondary N) is 1. The number of rotatable bonds is 7. The van der Waals surface area contributed by atoms with Crippen LogP contribution in [-0.2, 0) is 4.79 Å². The average molecular weight is 414 g/mol. The Balaban J connectivity index is 1.61. The highest BCUT2D eigenvalue weighted by Crippen LogP contribution is 2.20. The second-order valence-corrected chi connectivity index (χ2v) is 7.79. The minimum absolute atomic E-state index is 0.353. The summed E-state index contributed by atoms with van der Waals surface area (Å²) in [5, 5.41) is 7.81. The van der Waals surface area contributed by atoms with Gasteiger partial charge in [0.1, 0.15) is 0 Å². The maximum atomic E-state index is 12.6. The first-order valence-electron chi connectivity index (χ1n) is 8.80. The summed E-state index contributed by atoms with van der Waals surface area (Å²) in [5.74, 6) is -0.522. The predicted molar refractivity (Wildman–Crippen MR) is 113 cm³/mol. The zero-order chi connectivity index (χ0) is 20.1. The van der Waals surface area contributed by atoms with E-state index in [1.165, 1.54) is 0 Å². The van der Waals surface area contributed by atoms with Crippen molar-refractivity contribution in [2.45, 2.75) is 18.7 Å². The van der Waals surface area contributed by atoms with Crippen LogP contribution in [0, 0.1) is 13.8 Å². The van der Waals surface area contributed by atoms with Crippen molar-refractivity contribution in [2.24, 2.45) is 0 Å². The molecular formula is C21H20ClN3O2S. The van der Waals surface area contributed by atoms with Crippen molar-refractivity contribution in [3.05, 3.63) is 76.6 Å². The van der Waals surface area contributed by atoms with Gasteiger partial charge >= 0.3 is 0 Å². The molecule has 0 radical (unpaired) electrons. The van der Waals surface area contributed by atoms with Crippen LogP contribution in [0.5, 0.6) is 0 Å². The Morgan fingerprint density at radius 1 is 1.07 bits per heavy atom. The van der Waals surface area contributed by atoms with E-state index in [4.69, 9.17) is 11.6 Å². The van der Waals surface area contributed by atoms with Crippen LogP contribution in [0.25, 0.3) is 5.69 Å². The molecule has 1 N–H and O–H groups in total. The number of hydrogen-bond acceptors (Lipinski definition) is 4. The summed E-state index contributed by atoms with van der Waals surface area (Å²) in [4.78, 5) is 26.0. The van der Waals surface area contributed by atoms with Gasteiger partial charge in [-0.15, -0.1) is 11.8 Å². The molecule has 0 aliphatic rings. The number of benzene rings is 2. The highest BCUT2D eigenvalue weighted by molar-refractivity contribution is 7.99. The van der Waals surface area contributed by atoms with Gasteiger partial charge in [0, 0.05) is 22.2 Å². The lowest BCUT2D eigenvalue weighted by Crippen LogP contribution is -2.33. The molecule has 3 rings (SSSR count). The Hall–Kier alpha value is -2.57. The van der Waals surface area contributed by atoms with Gasteiger partial charge < -0.3 is 5.32 Å². The number of amides is 1. The maximum absolute atomic E-state index is 12.6. The minimum atomic E-state index is -0.615. The second kappa shape index (κ2) is 9.08. The number of aromatic nitrogens is 2. The highest BCUT2D eigenvalue weighted by Gasteiger charge is 2.24. The first-order valence-corrected chi connectivity index (χ1v) is 10.2. The molecule has 0 saturated heterocycles. The summed E-state index contributed by atoms with van der Waals surface area (Å²) in [6.45, 7) is 3.93. The molecule has 1 heterocycles. The lowest BCUT2D eigenvalue weighted by Gasteiger charge is -2.06. The van der Waals surface area contributed by atoms with Gasteiger partial charge in [-0.2, -0.15) is 5.10 Å². The predicted octanol–water partition coefficient (Wildman–Crippen LogP) is 4.23. The van der Waals surface area contributed by atoms with E-state index in [0.717, 1.165) is 10.6 Å². The maximum Gasteiger partial charge on any atom is 0.292 e. The highest BCUT2D eigenvalue weighted by atomic mass is 35.5. The standard InChI is InChI=1S/C21H20ClN3O2S/c1-14-19(15(2)25(24-14)17-6-4-3-5-7-17)20(26)21(27)23-12-13-28-18-10-8-16(22)9-11-18/h3-11H,12-13H2,1-2H3,(H,23,27). The number of thioether (sulfide) groups is 1. The van der Waals surface area contributed by atoms with Crippen molar-refractivity contribution in [1.29, 1.82) is 0 Å². The zero-order valence-corrected chi connectivity index (χ0v) is 17.2. The van der Waals surface area contributed by atoms with Crippen LogP contribution < -0.4 is 5.32 Å². The number of aryl methyl sites for hydroxylation is 1. The molecule has 0 spiro atoms. The topological polar surface area (TPSA) is 64.0 Å². The number of halogens is 1. The Bertz CT molecular complexity index is 985. The molecule has 0 saturated carbocycles. The third-order valence-electron chi connectivity index (χ3n) is 4.20. The summed E-state index contributed by atoms with van der Waals surface area (Å²) in [5.41, 5.74) is 2.39. The molecule has 0 unspecified atom stereocenters. The lowest BCUT2D eigenvalue weighted by atomic mass is 10.1. The SMILES string of the molecule is Cc1nn(-c2ccccc2)c(C)c1C(=O)C(=O)NCCSc1ccc(Cl)cc1. The summed E-state index contributed by atoms with van der Waals surface area (Å²) in [6.07, 6.45) is 0. The number of nitrogens with zero attached hydrogens (tertiary/aromatic N) is 2. The van der Waals surface area contributed by atoms with Gasteiger partial charge in [-0.3, -0.25) is 9.59 Å². The van der Waals surface area contributed by atoms with Gasteiger partial charge in [-0.05, 0) is 50.2 Å². The lowest BCUT2D eigenvalue weighted by molar-refractivity contribution is -0.116. The largest absolute Gasteiger partial charge is 0.348 e. The van der Waals surface area contributed by atoms with Crippen molar-refractivity contribution >= 4 is 35.1 Å². The van der Waals surface area contributed by atoms with Gasteiger partial charge in [0.15, 0.2) is 0 Å². The van der Waals surface area contributed by atoms with Crippen LogP contribution in [0.3, 0.4) is 0 Å². The van der Waals surface area contributed by atoms with Crippen LogP contribution in [0.4, 0.5) is 0 Å². The van der Waals surface area contributed by atoms with E-state index in [1.54, 1.807) is 30.3 Å². The Labute approximate surface area is 173 Å². The number of ketones is 1. The van der Waals surface area contributed by atoms with Crippen molar-refractivity contribution in [3.8, 4) is 5.69 Å². The Morgan fingerprint density at radius 3 is 2.43 bits per heavy atom. The molecule has 1 amide bonds.